The number of ether oxygens (including phenoxy) is 1. The fraction of sp³-hybridized carbons (Fsp3) is 0.500. The van der Waals surface area contributed by atoms with Crippen LogP contribution in [0.2, 0.25) is 0 Å². The highest BCUT2D eigenvalue weighted by Gasteiger charge is 2.41. The molecule has 1 aromatic carbocycles. The zero-order valence-corrected chi connectivity index (χ0v) is 20.8. The molecule has 0 bridgehead atoms. The molecule has 1 saturated carbocycles. The third-order valence-corrected chi connectivity index (χ3v) is 7.42. The molecule has 1 amide bonds. The van der Waals surface area contributed by atoms with Gasteiger partial charge in [0.2, 0.25) is 5.91 Å². The number of aliphatic imine (C=N–C) groups is 1. The van der Waals surface area contributed by atoms with Crippen molar-refractivity contribution in [3.63, 3.8) is 0 Å². The van der Waals surface area contributed by atoms with Crippen molar-refractivity contribution in [3.8, 4) is 0 Å². The van der Waals surface area contributed by atoms with Crippen LogP contribution < -0.4 is 5.32 Å². The quantitative estimate of drug-likeness (QED) is 0.577. The molecule has 33 heavy (non-hydrogen) atoms. The fourth-order valence-corrected chi connectivity index (χ4v) is 5.92. The van der Waals surface area contributed by atoms with E-state index >= 15 is 0 Å². The van der Waals surface area contributed by atoms with E-state index in [-0.39, 0.29) is 30.4 Å². The maximum absolute atomic E-state index is 13.1. The number of allylic oxidation sites excluding steroid dienone is 1. The molecule has 1 aromatic rings. The van der Waals surface area contributed by atoms with E-state index in [0.717, 1.165) is 40.4 Å². The van der Waals surface area contributed by atoms with Gasteiger partial charge < -0.3 is 15.0 Å². The topological polar surface area (TPSA) is 71.0 Å². The number of carbonyl (C=O) groups excluding carboxylic acids is 2. The molecule has 7 heteroatoms. The Labute approximate surface area is 200 Å². The predicted octanol–water partition coefficient (Wildman–Crippen LogP) is 5.28. The molecule has 4 rings (SSSR count). The monoisotopic (exact) mass is 467 g/mol. The van der Waals surface area contributed by atoms with Gasteiger partial charge in [-0.05, 0) is 57.1 Å². The summed E-state index contributed by atoms with van der Waals surface area (Å²) in [6, 6.07) is 6.16. The summed E-state index contributed by atoms with van der Waals surface area (Å²) >= 11 is 1.51. The maximum atomic E-state index is 13.1. The molecule has 1 N–H and O–H groups in total. The van der Waals surface area contributed by atoms with Gasteiger partial charge in [-0.1, -0.05) is 54.8 Å². The van der Waals surface area contributed by atoms with Crippen molar-refractivity contribution in [2.45, 2.75) is 78.3 Å². The number of esters is 1. The van der Waals surface area contributed by atoms with Crippen molar-refractivity contribution in [1.82, 2.24) is 10.2 Å². The van der Waals surface area contributed by atoms with Crippen LogP contribution in [-0.2, 0) is 14.3 Å². The summed E-state index contributed by atoms with van der Waals surface area (Å²) in [4.78, 5) is 32.8. The number of fused-ring (bicyclic) bond motifs is 1. The third kappa shape index (κ3) is 5.03. The molecular weight excluding hydrogens is 434 g/mol. The molecule has 1 atom stereocenters. The van der Waals surface area contributed by atoms with Gasteiger partial charge in [0.05, 0.1) is 30.3 Å². The lowest BCUT2D eigenvalue weighted by atomic mass is 9.90. The zero-order valence-electron chi connectivity index (χ0n) is 19.9. The Hall–Kier alpha value is -2.54. The summed E-state index contributed by atoms with van der Waals surface area (Å²) in [5.41, 5.74) is 5.35. The van der Waals surface area contributed by atoms with Crippen LogP contribution in [0.5, 0.6) is 0 Å². The number of nitrogens with one attached hydrogen (secondary N) is 1. The Kier molecular flexibility index (Phi) is 7.27. The lowest BCUT2D eigenvalue weighted by molar-refractivity contribution is -0.139. The first-order valence-corrected chi connectivity index (χ1v) is 12.7. The molecule has 176 valence electrons. The van der Waals surface area contributed by atoms with E-state index in [1.807, 2.05) is 19.3 Å². The molecule has 0 unspecified atom stereocenters. The second kappa shape index (κ2) is 10.2. The van der Waals surface area contributed by atoms with Gasteiger partial charge in [0.25, 0.3) is 0 Å². The Morgan fingerprint density at radius 3 is 2.64 bits per heavy atom. The molecule has 3 aliphatic rings. The number of hydrogen-bond acceptors (Lipinski definition) is 6. The van der Waals surface area contributed by atoms with Crippen molar-refractivity contribution in [1.29, 1.82) is 0 Å². The maximum Gasteiger partial charge on any atom is 0.338 e. The van der Waals surface area contributed by atoms with Gasteiger partial charge in [0.1, 0.15) is 0 Å². The zero-order chi connectivity index (χ0) is 23.5. The number of amidine groups is 1. The van der Waals surface area contributed by atoms with E-state index in [1.165, 1.54) is 31.0 Å². The lowest BCUT2D eigenvalue weighted by Gasteiger charge is -2.37. The van der Waals surface area contributed by atoms with Crippen LogP contribution in [0.25, 0.3) is 0 Å². The molecule has 0 aromatic heterocycles. The first kappa shape index (κ1) is 23.6. The summed E-state index contributed by atoms with van der Waals surface area (Å²) < 4.78 is 5.43. The fourth-order valence-electron chi connectivity index (χ4n) is 4.96. The van der Waals surface area contributed by atoms with Crippen LogP contribution in [0.4, 0.5) is 0 Å². The number of benzene rings is 1. The highest BCUT2D eigenvalue weighted by atomic mass is 32.2. The summed E-state index contributed by atoms with van der Waals surface area (Å²) in [7, 11) is 0. The summed E-state index contributed by atoms with van der Waals surface area (Å²) in [5.74, 6) is -0.330. The predicted molar refractivity (Wildman–Crippen MR) is 133 cm³/mol. The molecule has 1 fully saturated rings. The summed E-state index contributed by atoms with van der Waals surface area (Å²) in [5, 5.41) is 6.01. The van der Waals surface area contributed by atoms with Gasteiger partial charge >= 0.3 is 5.97 Å². The van der Waals surface area contributed by atoms with Crippen molar-refractivity contribution >= 4 is 28.8 Å². The second-order valence-corrected chi connectivity index (χ2v) is 9.89. The van der Waals surface area contributed by atoms with Gasteiger partial charge in [-0.2, -0.15) is 0 Å². The third-order valence-electron chi connectivity index (χ3n) is 6.53. The molecule has 6 nitrogen and oxygen atoms in total. The molecule has 2 heterocycles. The summed E-state index contributed by atoms with van der Waals surface area (Å²) in [6.45, 7) is 8.09. The van der Waals surface area contributed by atoms with Gasteiger partial charge in [-0.15, -0.1) is 0 Å². The SMILES string of the molecule is CCOC(=O)C1=C(C)N=C2SC=C(CC(=O)NC3CCCCC3)N2[C@H]1c1ccc(C)cc1C. The molecule has 1 aliphatic carbocycles. The van der Waals surface area contributed by atoms with E-state index in [4.69, 9.17) is 9.73 Å². The number of rotatable bonds is 6. The average molecular weight is 468 g/mol. The Bertz CT molecular complexity index is 1040. The minimum Gasteiger partial charge on any atom is -0.463 e. The largest absolute Gasteiger partial charge is 0.463 e. The number of carbonyl (C=O) groups is 2. The van der Waals surface area contributed by atoms with Gasteiger partial charge in [0, 0.05) is 11.7 Å². The number of hydrogen-bond donors (Lipinski definition) is 1. The Morgan fingerprint density at radius 2 is 1.94 bits per heavy atom. The average Bonchev–Trinajstić information content (AvgIpc) is 3.15. The van der Waals surface area contributed by atoms with Crippen molar-refractivity contribution in [2.75, 3.05) is 6.61 Å². The Balaban J connectivity index is 1.66. The molecule has 2 aliphatic heterocycles. The Morgan fingerprint density at radius 1 is 1.18 bits per heavy atom. The van der Waals surface area contributed by atoms with Gasteiger partial charge in [-0.25, -0.2) is 9.79 Å². The van der Waals surface area contributed by atoms with Crippen LogP contribution in [0, 0.1) is 13.8 Å². The minimum absolute atomic E-state index is 0.0262. The van der Waals surface area contributed by atoms with Crippen LogP contribution in [0.1, 0.15) is 75.1 Å². The molecule has 0 saturated heterocycles. The van der Waals surface area contributed by atoms with Crippen molar-refractivity contribution in [3.05, 3.63) is 57.3 Å². The molecular formula is C26H33N3O3S. The number of amides is 1. The molecule has 0 radical (unpaired) electrons. The van der Waals surface area contributed by atoms with E-state index in [0.29, 0.717) is 17.9 Å². The van der Waals surface area contributed by atoms with E-state index in [2.05, 4.69) is 42.3 Å². The van der Waals surface area contributed by atoms with Crippen molar-refractivity contribution in [2.24, 2.45) is 4.99 Å². The van der Waals surface area contributed by atoms with Crippen LogP contribution >= 0.6 is 11.8 Å². The van der Waals surface area contributed by atoms with E-state index < -0.39 is 0 Å². The number of thioether (sulfide) groups is 1. The van der Waals surface area contributed by atoms with Gasteiger partial charge in [0.15, 0.2) is 5.17 Å². The lowest BCUT2D eigenvalue weighted by Crippen LogP contribution is -2.40. The minimum atomic E-state index is -0.374. The van der Waals surface area contributed by atoms with E-state index in [9.17, 15) is 9.59 Å². The van der Waals surface area contributed by atoms with Crippen molar-refractivity contribution < 1.29 is 14.3 Å². The molecule has 0 spiro atoms. The van der Waals surface area contributed by atoms with Crippen LogP contribution in [0.3, 0.4) is 0 Å². The van der Waals surface area contributed by atoms with Crippen LogP contribution in [0.15, 0.2) is 45.6 Å². The van der Waals surface area contributed by atoms with Crippen LogP contribution in [-0.4, -0.2) is 34.6 Å². The normalized spacial score (nSPS) is 20.8. The highest BCUT2D eigenvalue weighted by Crippen LogP contribution is 2.45. The number of nitrogens with zero attached hydrogens (tertiary/aromatic N) is 2. The smallest absolute Gasteiger partial charge is 0.338 e. The summed E-state index contributed by atoms with van der Waals surface area (Å²) in [6.07, 6.45) is 5.97. The standard InChI is InChI=1S/C26H33N3O3S/c1-5-32-25(31)23-18(4)27-26-29(24(23)21-12-11-16(2)13-17(21)3)20(15-33-26)14-22(30)28-19-9-7-6-8-10-19/h11-13,15,19,24H,5-10,14H2,1-4H3,(H,28,30)/t24-/m0/s1. The van der Waals surface area contributed by atoms with Gasteiger partial charge in [-0.3, -0.25) is 4.79 Å². The van der Waals surface area contributed by atoms with E-state index in [1.54, 1.807) is 0 Å². The highest BCUT2D eigenvalue weighted by molar-refractivity contribution is 8.16. The first-order chi connectivity index (χ1) is 15.9. The second-order valence-electron chi connectivity index (χ2n) is 9.05. The number of aryl methyl sites for hydroxylation is 2. The first-order valence-electron chi connectivity index (χ1n) is 11.9.